The molecule has 0 saturated heterocycles. The highest BCUT2D eigenvalue weighted by atomic mass is 35.5. The van der Waals surface area contributed by atoms with Gasteiger partial charge in [0.15, 0.2) is 0 Å². The van der Waals surface area contributed by atoms with Crippen LogP contribution < -0.4 is 10.5 Å². The Morgan fingerprint density at radius 3 is 2.60 bits per heavy atom. The first-order valence-electron chi connectivity index (χ1n) is 5.18. The second-order valence-corrected chi connectivity index (χ2v) is 7.75. The van der Waals surface area contributed by atoms with Crippen molar-refractivity contribution in [3.05, 3.63) is 46.0 Å². The van der Waals surface area contributed by atoms with Crippen LogP contribution >= 0.6 is 35.2 Å². The molecular weight excluding hydrogens is 343 g/mol. The largest absolute Gasteiger partial charge is 0.389 e. The van der Waals surface area contributed by atoms with Gasteiger partial charge in [-0.2, -0.15) is 0 Å². The maximum absolute atomic E-state index is 13.7. The topological polar surface area (TPSA) is 72.2 Å². The smallest absolute Gasteiger partial charge is 0.271 e. The van der Waals surface area contributed by atoms with Gasteiger partial charge in [0, 0.05) is 0 Å². The Morgan fingerprint density at radius 2 is 2.05 bits per heavy atom. The zero-order valence-electron chi connectivity index (χ0n) is 9.76. The van der Waals surface area contributed by atoms with E-state index in [0.29, 0.717) is 4.34 Å². The number of thiocarbonyl (C=S) groups is 1. The summed E-state index contributed by atoms with van der Waals surface area (Å²) in [7, 11) is -3.86. The van der Waals surface area contributed by atoms with Crippen molar-refractivity contribution in [2.45, 2.75) is 4.21 Å². The molecule has 0 unspecified atom stereocenters. The van der Waals surface area contributed by atoms with E-state index in [1.54, 1.807) is 0 Å². The third kappa shape index (κ3) is 3.09. The highest BCUT2D eigenvalue weighted by Gasteiger charge is 2.20. The molecule has 9 heteroatoms. The number of sulfonamides is 1. The molecule has 0 aliphatic heterocycles. The number of thiophene rings is 1. The summed E-state index contributed by atoms with van der Waals surface area (Å²) in [6.07, 6.45) is 0. The number of hydrogen-bond acceptors (Lipinski definition) is 4. The lowest BCUT2D eigenvalue weighted by Crippen LogP contribution is -2.18. The summed E-state index contributed by atoms with van der Waals surface area (Å²) in [4.78, 5) is -0.231. The predicted molar refractivity (Wildman–Crippen MR) is 82.4 cm³/mol. The van der Waals surface area contributed by atoms with E-state index in [9.17, 15) is 12.8 Å². The van der Waals surface area contributed by atoms with Crippen molar-refractivity contribution in [2.75, 3.05) is 4.72 Å². The van der Waals surface area contributed by atoms with Crippen LogP contribution in [0.15, 0.2) is 34.5 Å². The van der Waals surface area contributed by atoms with E-state index < -0.39 is 15.8 Å². The van der Waals surface area contributed by atoms with Crippen LogP contribution in [0.3, 0.4) is 0 Å². The first-order valence-corrected chi connectivity index (χ1v) is 8.26. The zero-order chi connectivity index (χ0) is 14.9. The van der Waals surface area contributed by atoms with E-state index in [4.69, 9.17) is 29.6 Å². The lowest BCUT2D eigenvalue weighted by Gasteiger charge is -2.11. The molecule has 106 valence electrons. The van der Waals surface area contributed by atoms with Crippen LogP contribution in [-0.2, 0) is 10.0 Å². The van der Waals surface area contributed by atoms with Gasteiger partial charge in [0.1, 0.15) is 15.0 Å². The average molecular weight is 351 g/mol. The first kappa shape index (κ1) is 15.2. The van der Waals surface area contributed by atoms with E-state index in [1.165, 1.54) is 24.3 Å². The minimum atomic E-state index is -3.86. The number of anilines is 1. The Morgan fingerprint density at radius 1 is 1.35 bits per heavy atom. The lowest BCUT2D eigenvalue weighted by atomic mass is 10.2. The molecule has 0 bridgehead atoms. The molecule has 20 heavy (non-hydrogen) atoms. The maximum Gasteiger partial charge on any atom is 0.271 e. The lowest BCUT2D eigenvalue weighted by molar-refractivity contribution is 0.603. The number of halogens is 2. The fraction of sp³-hybridized carbons (Fsp3) is 0. The van der Waals surface area contributed by atoms with Gasteiger partial charge >= 0.3 is 0 Å². The van der Waals surface area contributed by atoms with Gasteiger partial charge in [-0.25, -0.2) is 12.8 Å². The minimum Gasteiger partial charge on any atom is -0.389 e. The molecule has 0 radical (unpaired) electrons. The van der Waals surface area contributed by atoms with Crippen molar-refractivity contribution in [1.82, 2.24) is 0 Å². The van der Waals surface area contributed by atoms with Crippen molar-refractivity contribution >= 4 is 55.9 Å². The molecule has 4 nitrogen and oxygen atoms in total. The maximum atomic E-state index is 13.7. The van der Waals surface area contributed by atoms with Gasteiger partial charge in [-0.1, -0.05) is 29.9 Å². The Balaban J connectivity index is 2.45. The summed E-state index contributed by atoms with van der Waals surface area (Å²) in [5.74, 6) is -0.693. The summed E-state index contributed by atoms with van der Waals surface area (Å²) in [6.45, 7) is 0. The van der Waals surface area contributed by atoms with Crippen molar-refractivity contribution in [2.24, 2.45) is 5.73 Å². The monoisotopic (exact) mass is 350 g/mol. The summed E-state index contributed by atoms with van der Waals surface area (Å²) >= 11 is 11.3. The Kier molecular flexibility index (Phi) is 4.28. The predicted octanol–water partition coefficient (Wildman–Crippen LogP) is 2.98. The van der Waals surface area contributed by atoms with Gasteiger partial charge in [0.05, 0.1) is 15.6 Å². The molecule has 2 rings (SSSR count). The van der Waals surface area contributed by atoms with Crippen LogP contribution in [0.4, 0.5) is 10.1 Å². The van der Waals surface area contributed by atoms with E-state index in [-0.39, 0.29) is 20.4 Å². The molecule has 0 spiro atoms. The van der Waals surface area contributed by atoms with Gasteiger partial charge < -0.3 is 5.73 Å². The molecule has 0 atom stereocenters. The molecule has 1 heterocycles. The van der Waals surface area contributed by atoms with Crippen molar-refractivity contribution in [3.63, 3.8) is 0 Å². The number of benzene rings is 1. The second kappa shape index (κ2) is 5.65. The molecular formula is C11H8ClFN2O2S3. The number of nitrogens with one attached hydrogen (secondary N) is 1. The van der Waals surface area contributed by atoms with Crippen LogP contribution in [0.25, 0.3) is 0 Å². The van der Waals surface area contributed by atoms with Crippen LogP contribution in [0.1, 0.15) is 5.56 Å². The molecule has 1 aromatic heterocycles. The molecule has 2 aromatic rings. The van der Waals surface area contributed by atoms with E-state index in [1.807, 2.05) is 0 Å². The third-order valence-corrected chi connectivity index (χ3v) is 5.61. The molecule has 0 saturated carbocycles. The van der Waals surface area contributed by atoms with E-state index >= 15 is 0 Å². The van der Waals surface area contributed by atoms with Crippen molar-refractivity contribution in [3.8, 4) is 0 Å². The highest BCUT2D eigenvalue weighted by molar-refractivity contribution is 7.94. The van der Waals surface area contributed by atoms with Gasteiger partial charge in [0.2, 0.25) is 0 Å². The van der Waals surface area contributed by atoms with Crippen LogP contribution in [-0.4, -0.2) is 13.4 Å². The Bertz CT molecular complexity index is 774. The van der Waals surface area contributed by atoms with Crippen LogP contribution in [0.2, 0.25) is 4.34 Å². The molecule has 0 aliphatic rings. The molecule has 3 N–H and O–H groups in total. The standard InChI is InChI=1S/C11H8ClFN2O2S3/c12-8-4-5-9(19-8)20(16,17)15-7-3-1-2-6(13)10(7)11(14)18/h1-5,15H,(H2,14,18). The highest BCUT2D eigenvalue weighted by Crippen LogP contribution is 2.28. The van der Waals surface area contributed by atoms with E-state index in [0.717, 1.165) is 17.4 Å². The van der Waals surface area contributed by atoms with Gasteiger partial charge in [-0.05, 0) is 24.3 Å². The van der Waals surface area contributed by atoms with Crippen molar-refractivity contribution in [1.29, 1.82) is 0 Å². The van der Waals surface area contributed by atoms with Crippen LogP contribution in [0, 0.1) is 5.82 Å². The summed E-state index contributed by atoms with van der Waals surface area (Å²) < 4.78 is 40.5. The second-order valence-electron chi connectivity index (χ2n) is 3.69. The molecule has 0 aliphatic carbocycles. The average Bonchev–Trinajstić information content (AvgIpc) is 2.75. The first-order chi connectivity index (χ1) is 9.31. The van der Waals surface area contributed by atoms with Gasteiger partial charge in [-0.3, -0.25) is 4.72 Å². The summed E-state index contributed by atoms with van der Waals surface area (Å²) in [5, 5.41) is 0. The number of hydrogen-bond donors (Lipinski definition) is 2. The normalized spacial score (nSPS) is 11.3. The fourth-order valence-electron chi connectivity index (χ4n) is 1.50. The SMILES string of the molecule is NC(=S)c1c(F)cccc1NS(=O)(=O)c1ccc(Cl)s1. The minimum absolute atomic E-state index is 0.0120. The summed E-state index contributed by atoms with van der Waals surface area (Å²) in [6, 6.07) is 6.70. The van der Waals surface area contributed by atoms with Gasteiger partial charge in [0.25, 0.3) is 10.0 Å². The molecule has 0 amide bonds. The Labute approximate surface area is 129 Å². The quantitative estimate of drug-likeness (QED) is 0.831. The zero-order valence-corrected chi connectivity index (χ0v) is 13.0. The molecule has 1 aromatic carbocycles. The Hall–Kier alpha value is -1.22. The number of nitrogens with two attached hydrogens (primary N) is 1. The summed E-state index contributed by atoms with van der Waals surface area (Å²) in [5.41, 5.74) is 5.26. The third-order valence-electron chi connectivity index (χ3n) is 2.32. The van der Waals surface area contributed by atoms with E-state index in [2.05, 4.69) is 4.72 Å². The fourth-order valence-corrected chi connectivity index (χ4v) is 4.26. The van der Waals surface area contributed by atoms with Gasteiger partial charge in [-0.15, -0.1) is 11.3 Å². The number of rotatable bonds is 4. The molecule has 0 fully saturated rings. The van der Waals surface area contributed by atoms with Crippen molar-refractivity contribution < 1.29 is 12.8 Å². The van der Waals surface area contributed by atoms with Crippen LogP contribution in [0.5, 0.6) is 0 Å².